The van der Waals surface area contributed by atoms with Crippen LogP contribution in [-0.2, 0) is 15.6 Å². The molecule has 134 valence electrons. The Labute approximate surface area is 155 Å². The molecule has 0 fully saturated rings. The number of fused-ring (bicyclic) bond motifs is 1. The molecule has 0 saturated heterocycles. The number of allylic oxidation sites excluding steroid dienone is 2. The van der Waals surface area contributed by atoms with Crippen molar-refractivity contribution in [3.63, 3.8) is 0 Å². The van der Waals surface area contributed by atoms with E-state index >= 15 is 0 Å². The minimum absolute atomic E-state index is 0.0124. The lowest BCUT2D eigenvalue weighted by Gasteiger charge is -2.37. The van der Waals surface area contributed by atoms with Crippen LogP contribution in [0.25, 0.3) is 17.2 Å². The first-order valence-electron chi connectivity index (χ1n) is 8.82. The van der Waals surface area contributed by atoms with Gasteiger partial charge in [0.05, 0.1) is 0 Å². The van der Waals surface area contributed by atoms with Gasteiger partial charge in [0.15, 0.2) is 0 Å². The van der Waals surface area contributed by atoms with Gasteiger partial charge in [-0.15, -0.1) is 0 Å². The van der Waals surface area contributed by atoms with E-state index in [1.165, 1.54) is 16.7 Å². The maximum atomic E-state index is 10.8. The number of aliphatic carboxylic acids is 1. The molecule has 1 aromatic carbocycles. The highest BCUT2D eigenvalue weighted by molar-refractivity contribution is 5.85. The second-order valence-corrected chi connectivity index (χ2v) is 8.17. The monoisotopic (exact) mass is 347 g/mol. The third-order valence-corrected chi connectivity index (χ3v) is 5.16. The fourth-order valence-electron chi connectivity index (χ4n) is 3.55. The van der Waals surface area contributed by atoms with Crippen LogP contribution in [0.15, 0.2) is 48.8 Å². The molecule has 26 heavy (non-hydrogen) atoms. The normalized spacial score (nSPS) is 17.3. The number of aryl methyl sites for hydroxylation is 1. The van der Waals surface area contributed by atoms with Gasteiger partial charge in [-0.3, -0.25) is 4.98 Å². The smallest absolute Gasteiger partial charge is 0.328 e. The Kier molecular flexibility index (Phi) is 4.35. The van der Waals surface area contributed by atoms with Crippen molar-refractivity contribution in [2.75, 3.05) is 0 Å². The topological polar surface area (TPSA) is 50.2 Å². The van der Waals surface area contributed by atoms with Crippen molar-refractivity contribution in [2.24, 2.45) is 0 Å². The van der Waals surface area contributed by atoms with E-state index in [2.05, 4.69) is 63.9 Å². The minimum Gasteiger partial charge on any atom is -0.478 e. The van der Waals surface area contributed by atoms with Gasteiger partial charge < -0.3 is 5.11 Å². The second kappa shape index (κ2) is 6.24. The molecule has 3 rings (SSSR count). The van der Waals surface area contributed by atoms with Crippen LogP contribution in [0.4, 0.5) is 0 Å². The first-order chi connectivity index (χ1) is 12.1. The number of pyridine rings is 1. The summed E-state index contributed by atoms with van der Waals surface area (Å²) in [5.41, 5.74) is 6.80. The third kappa shape index (κ3) is 3.34. The number of nitrogens with zero attached hydrogens (tertiary/aromatic N) is 1. The van der Waals surface area contributed by atoms with E-state index in [9.17, 15) is 4.79 Å². The van der Waals surface area contributed by atoms with Gasteiger partial charge in [-0.2, -0.15) is 0 Å². The molecule has 1 aliphatic carbocycles. The molecule has 0 bridgehead atoms. The number of hydrogen-bond donors (Lipinski definition) is 1. The van der Waals surface area contributed by atoms with Gasteiger partial charge in [-0.25, -0.2) is 4.79 Å². The summed E-state index contributed by atoms with van der Waals surface area (Å²) in [6, 6.07) is 6.55. The fourth-order valence-corrected chi connectivity index (χ4v) is 3.55. The molecule has 1 heterocycles. The second-order valence-electron chi connectivity index (χ2n) is 8.17. The Balaban J connectivity index is 2.14. The van der Waals surface area contributed by atoms with Gasteiger partial charge in [-0.05, 0) is 52.9 Å². The summed E-state index contributed by atoms with van der Waals surface area (Å²) in [5, 5.41) is 8.83. The van der Waals surface area contributed by atoms with Crippen LogP contribution in [0.5, 0.6) is 0 Å². The highest BCUT2D eigenvalue weighted by Crippen LogP contribution is 2.43. The molecule has 0 amide bonds. The summed E-state index contributed by atoms with van der Waals surface area (Å²) in [6.45, 7) is 11.1. The van der Waals surface area contributed by atoms with Gasteiger partial charge in [0.25, 0.3) is 0 Å². The summed E-state index contributed by atoms with van der Waals surface area (Å²) in [7, 11) is 0. The molecule has 1 aromatic heterocycles. The molecule has 0 saturated carbocycles. The predicted molar refractivity (Wildman–Crippen MR) is 106 cm³/mol. The van der Waals surface area contributed by atoms with Crippen molar-refractivity contribution in [2.45, 2.75) is 45.4 Å². The number of benzene rings is 1. The average Bonchev–Trinajstić information content (AvgIpc) is 2.57. The van der Waals surface area contributed by atoms with Gasteiger partial charge in [0.2, 0.25) is 0 Å². The Morgan fingerprint density at radius 3 is 2.23 bits per heavy atom. The zero-order valence-electron chi connectivity index (χ0n) is 16.0. The lowest BCUT2D eigenvalue weighted by molar-refractivity contribution is -0.131. The number of carboxylic acids is 1. The van der Waals surface area contributed by atoms with Crippen molar-refractivity contribution in [1.82, 2.24) is 4.98 Å². The summed E-state index contributed by atoms with van der Waals surface area (Å²) in [4.78, 5) is 15.1. The standard InChI is InChI=1S/C23H25NO2/c1-15-10-19-20(23(4,5)9-8-22(19,2)3)12-18(15)17-11-16(13-24-14-17)6-7-21(25)26/h6-14H,1-5H3,(H,25,26)/b7-6+. The van der Waals surface area contributed by atoms with E-state index in [4.69, 9.17) is 5.11 Å². The highest BCUT2D eigenvalue weighted by Gasteiger charge is 2.33. The lowest BCUT2D eigenvalue weighted by Crippen LogP contribution is -2.29. The summed E-state index contributed by atoms with van der Waals surface area (Å²) < 4.78 is 0. The molecule has 1 aliphatic rings. The summed E-state index contributed by atoms with van der Waals surface area (Å²) in [6.07, 6.45) is 10.8. The minimum atomic E-state index is -0.962. The first kappa shape index (κ1) is 18.1. The molecule has 0 radical (unpaired) electrons. The Hall–Kier alpha value is -2.68. The SMILES string of the molecule is Cc1cc2c(cc1-c1cncc(/C=C/C(=O)O)c1)C(C)(C)C=CC2(C)C. The molecule has 0 atom stereocenters. The predicted octanol–water partition coefficient (Wildman–Crippen LogP) is 5.28. The van der Waals surface area contributed by atoms with Crippen LogP contribution < -0.4 is 0 Å². The fraction of sp³-hybridized carbons (Fsp3) is 0.304. The maximum absolute atomic E-state index is 10.8. The van der Waals surface area contributed by atoms with Gasteiger partial charge in [-0.1, -0.05) is 45.9 Å². The number of rotatable bonds is 3. The van der Waals surface area contributed by atoms with E-state index in [0.29, 0.717) is 0 Å². The highest BCUT2D eigenvalue weighted by atomic mass is 16.4. The zero-order valence-corrected chi connectivity index (χ0v) is 16.0. The summed E-state index contributed by atoms with van der Waals surface area (Å²) in [5.74, 6) is -0.962. The van der Waals surface area contributed by atoms with Crippen molar-refractivity contribution in [3.05, 3.63) is 71.1 Å². The Morgan fingerprint density at radius 2 is 1.62 bits per heavy atom. The van der Waals surface area contributed by atoms with Crippen LogP contribution in [0.1, 0.15) is 49.9 Å². The molecule has 3 heteroatoms. The van der Waals surface area contributed by atoms with Crippen LogP contribution in [-0.4, -0.2) is 16.1 Å². The zero-order chi connectivity index (χ0) is 19.1. The van der Waals surface area contributed by atoms with Crippen molar-refractivity contribution in [3.8, 4) is 11.1 Å². The van der Waals surface area contributed by atoms with Crippen LogP contribution in [0.3, 0.4) is 0 Å². The molecule has 0 spiro atoms. The van der Waals surface area contributed by atoms with Crippen LogP contribution in [0.2, 0.25) is 0 Å². The van der Waals surface area contributed by atoms with E-state index in [1.807, 2.05) is 12.3 Å². The third-order valence-electron chi connectivity index (χ3n) is 5.16. The number of carboxylic acid groups (broad SMARTS) is 1. The Morgan fingerprint density at radius 1 is 1.00 bits per heavy atom. The molecule has 0 aliphatic heterocycles. The van der Waals surface area contributed by atoms with Crippen molar-refractivity contribution < 1.29 is 9.90 Å². The summed E-state index contributed by atoms with van der Waals surface area (Å²) >= 11 is 0. The largest absolute Gasteiger partial charge is 0.478 e. The van der Waals surface area contributed by atoms with Gasteiger partial charge in [0, 0.05) is 34.9 Å². The molecule has 1 N–H and O–H groups in total. The Bertz CT molecular complexity index is 933. The maximum Gasteiger partial charge on any atom is 0.328 e. The van der Waals surface area contributed by atoms with Crippen molar-refractivity contribution >= 4 is 12.0 Å². The van der Waals surface area contributed by atoms with E-state index in [-0.39, 0.29) is 10.8 Å². The lowest BCUT2D eigenvalue weighted by atomic mass is 9.67. The molecular weight excluding hydrogens is 322 g/mol. The average molecular weight is 347 g/mol. The molecular formula is C23H25NO2. The van der Waals surface area contributed by atoms with Gasteiger partial charge >= 0.3 is 5.97 Å². The number of aromatic nitrogens is 1. The van der Waals surface area contributed by atoms with Crippen LogP contribution >= 0.6 is 0 Å². The van der Waals surface area contributed by atoms with E-state index in [0.717, 1.165) is 22.8 Å². The number of hydrogen-bond acceptors (Lipinski definition) is 2. The van der Waals surface area contributed by atoms with Gasteiger partial charge in [0.1, 0.15) is 0 Å². The molecule has 3 nitrogen and oxygen atoms in total. The van der Waals surface area contributed by atoms with E-state index in [1.54, 1.807) is 12.3 Å². The van der Waals surface area contributed by atoms with Crippen molar-refractivity contribution in [1.29, 1.82) is 0 Å². The molecule has 2 aromatic rings. The number of carbonyl (C=O) groups is 1. The first-order valence-corrected chi connectivity index (χ1v) is 8.82. The van der Waals surface area contributed by atoms with E-state index < -0.39 is 5.97 Å². The quantitative estimate of drug-likeness (QED) is 0.607. The molecule has 0 unspecified atom stereocenters. The van der Waals surface area contributed by atoms with Crippen LogP contribution in [0, 0.1) is 6.92 Å².